The summed E-state index contributed by atoms with van der Waals surface area (Å²) in [6.07, 6.45) is -21.3. The van der Waals surface area contributed by atoms with Crippen molar-refractivity contribution in [2.45, 2.75) is 301 Å². The molecule has 32 nitrogen and oxygen atoms in total. The van der Waals surface area contributed by atoms with Gasteiger partial charge in [0.25, 0.3) is 0 Å². The molecule has 0 aromatic heterocycles. The fourth-order valence-electron chi connectivity index (χ4n) is 24.5. The summed E-state index contributed by atoms with van der Waals surface area (Å²) in [7, 11) is 0. The first-order valence-corrected chi connectivity index (χ1v) is 44.5. The summed E-state index contributed by atoms with van der Waals surface area (Å²) < 4.78 is 71.4. The lowest BCUT2D eigenvalue weighted by Crippen LogP contribution is -2.82. The van der Waals surface area contributed by atoms with E-state index in [4.69, 9.17) is 80.0 Å². The van der Waals surface area contributed by atoms with Crippen LogP contribution < -0.4 is 0 Å². The first kappa shape index (κ1) is 99.8. The molecule has 3 aliphatic heterocycles. The molecule has 15 rings (SSSR count). The van der Waals surface area contributed by atoms with Gasteiger partial charge < -0.3 is 108 Å². The zero-order valence-corrected chi connectivity index (χ0v) is 77.5. The molecule has 34 heteroatoms. The maximum absolute atomic E-state index is 14.8. The molecular formula is C95H122Cl2O32. The second-order valence-electron chi connectivity index (χ2n) is 39.2. The van der Waals surface area contributed by atoms with E-state index in [-0.39, 0.29) is 91.0 Å². The van der Waals surface area contributed by atoms with Crippen molar-refractivity contribution in [1.82, 2.24) is 0 Å². The Bertz CT molecular complexity index is 4760. The third-order valence-corrected chi connectivity index (χ3v) is 31.6. The molecule has 12 aliphatic rings. The molecule has 3 unspecified atom stereocenters. The van der Waals surface area contributed by atoms with E-state index in [0.29, 0.717) is 28.7 Å². The third-order valence-electron chi connectivity index (χ3n) is 31.6. The number of aliphatic hydroxyl groups is 10. The highest BCUT2D eigenvalue weighted by Gasteiger charge is 2.82. The van der Waals surface area contributed by atoms with E-state index >= 15 is 0 Å². The summed E-state index contributed by atoms with van der Waals surface area (Å²) >= 11 is 9.53. The Morgan fingerprint density at radius 1 is 0.395 bits per heavy atom. The van der Waals surface area contributed by atoms with Crippen LogP contribution in [-0.2, 0) is 90.4 Å². The second-order valence-corrected chi connectivity index (χ2v) is 40.0. The number of esters is 9. The average molecular weight is 1850 g/mol. The molecule has 9 aliphatic carbocycles. The molecule has 3 heterocycles. The van der Waals surface area contributed by atoms with Gasteiger partial charge in [-0.2, -0.15) is 0 Å². The van der Waals surface area contributed by atoms with Crippen LogP contribution in [0.3, 0.4) is 0 Å². The van der Waals surface area contributed by atoms with Gasteiger partial charge in [0, 0.05) is 101 Å². The summed E-state index contributed by atoms with van der Waals surface area (Å²) in [6.45, 7) is 28.5. The topological polar surface area (TPSA) is 484 Å². The lowest BCUT2D eigenvalue weighted by atomic mass is 9.43. The highest BCUT2D eigenvalue weighted by molar-refractivity contribution is 6.40. The molecule has 0 amide bonds. The van der Waals surface area contributed by atoms with Crippen LogP contribution in [-0.4, -0.2) is 267 Å². The van der Waals surface area contributed by atoms with Crippen molar-refractivity contribution in [2.75, 3.05) is 25.2 Å². The van der Waals surface area contributed by atoms with E-state index in [1.165, 1.54) is 53.7 Å². The Morgan fingerprint density at radius 3 is 1.00 bits per heavy atom. The number of halogens is 2. The van der Waals surface area contributed by atoms with E-state index in [1.54, 1.807) is 155 Å². The molecule has 0 spiro atoms. The molecule has 3 aromatic carbocycles. The van der Waals surface area contributed by atoms with E-state index in [1.807, 2.05) is 6.92 Å². The number of hydrogen-bond donors (Lipinski definition) is 10. The Kier molecular flexibility index (Phi) is 27.6. The number of hydrogen-bond acceptors (Lipinski definition) is 32. The predicted molar refractivity (Wildman–Crippen MR) is 456 cm³/mol. The van der Waals surface area contributed by atoms with Crippen LogP contribution >= 0.6 is 23.2 Å². The monoisotopic (exact) mass is 1840 g/mol. The van der Waals surface area contributed by atoms with Gasteiger partial charge in [0.2, 0.25) is 0 Å². The largest absolute Gasteiger partial charge is 0.455 e. The molecule has 10 N–H and O–H groups in total. The third kappa shape index (κ3) is 15.8. The minimum absolute atomic E-state index is 0.0463. The summed E-state index contributed by atoms with van der Waals surface area (Å²) in [5.41, 5.74) is -17.0. The number of rotatable bonds is 12. The molecule has 3 saturated heterocycles. The van der Waals surface area contributed by atoms with Gasteiger partial charge in [-0.05, 0) is 110 Å². The van der Waals surface area contributed by atoms with Crippen molar-refractivity contribution in [3.05, 3.63) is 141 Å². The normalized spacial score (nSPS) is 40.7. The molecule has 708 valence electrons. The van der Waals surface area contributed by atoms with Gasteiger partial charge in [-0.15, -0.1) is 23.2 Å². The van der Waals surface area contributed by atoms with Gasteiger partial charge in [-0.1, -0.05) is 117 Å². The molecule has 129 heavy (non-hydrogen) atoms. The van der Waals surface area contributed by atoms with Crippen molar-refractivity contribution < 1.29 is 156 Å². The van der Waals surface area contributed by atoms with Crippen molar-refractivity contribution in [3.8, 4) is 0 Å². The maximum atomic E-state index is 14.8. The highest BCUT2D eigenvalue weighted by atomic mass is 35.5. The van der Waals surface area contributed by atoms with Gasteiger partial charge in [-0.25, -0.2) is 14.4 Å². The molecule has 9 fully saturated rings. The summed E-state index contributed by atoms with van der Waals surface area (Å²) in [4.78, 5) is 131. The van der Waals surface area contributed by atoms with Crippen molar-refractivity contribution in [1.29, 1.82) is 0 Å². The van der Waals surface area contributed by atoms with Crippen LogP contribution in [0.4, 0.5) is 0 Å². The Balaban J connectivity index is 0.000000173. The van der Waals surface area contributed by atoms with Gasteiger partial charge in [0.05, 0.1) is 95.5 Å². The number of ether oxygens (including phenoxy) is 12. The Labute approximate surface area is 758 Å². The van der Waals surface area contributed by atoms with Crippen LogP contribution in [0, 0.1) is 56.2 Å². The minimum atomic E-state index is -2.11. The van der Waals surface area contributed by atoms with Crippen LogP contribution in [0.5, 0.6) is 0 Å². The number of ketones is 1. The van der Waals surface area contributed by atoms with Crippen LogP contribution in [0.2, 0.25) is 0 Å². The number of aliphatic hydroxyl groups excluding tert-OH is 7. The van der Waals surface area contributed by atoms with E-state index in [9.17, 15) is 99.0 Å². The molecule has 29 atom stereocenters. The number of alkyl halides is 2. The Morgan fingerprint density at radius 2 is 0.682 bits per heavy atom. The zero-order valence-electron chi connectivity index (χ0n) is 76.0. The number of benzene rings is 3. The number of carbonyl (C=O) groups is 10. The Hall–Kier alpha value is -8.16. The molecule has 0 radical (unpaired) electrons. The second kappa shape index (κ2) is 35.7. The predicted octanol–water partition coefficient (Wildman–Crippen LogP) is 7.24. The van der Waals surface area contributed by atoms with Gasteiger partial charge in [-0.3, -0.25) is 33.6 Å². The lowest BCUT2D eigenvalue weighted by Gasteiger charge is -2.69. The summed E-state index contributed by atoms with van der Waals surface area (Å²) in [6, 6.07) is 24.5. The number of carbonyl (C=O) groups excluding carboxylic acids is 10. The van der Waals surface area contributed by atoms with Crippen LogP contribution in [0.25, 0.3) is 0 Å². The van der Waals surface area contributed by atoms with Crippen molar-refractivity contribution in [3.63, 3.8) is 0 Å². The molecule has 6 saturated carbocycles. The summed E-state index contributed by atoms with van der Waals surface area (Å²) in [5, 5.41) is 121. The van der Waals surface area contributed by atoms with Gasteiger partial charge in [0.1, 0.15) is 65.6 Å². The van der Waals surface area contributed by atoms with Crippen LogP contribution in [0.15, 0.2) is 124 Å². The quantitative estimate of drug-likeness (QED) is 0.0369. The fourth-order valence-corrected chi connectivity index (χ4v) is 24.5. The first-order chi connectivity index (χ1) is 60.0. The number of fused-ring (bicyclic) bond motifs is 15. The smallest absolute Gasteiger partial charge is 0.338 e. The van der Waals surface area contributed by atoms with E-state index < -0.39 is 241 Å². The molecular weight excluding hydrogens is 1720 g/mol. The highest BCUT2D eigenvalue weighted by Crippen LogP contribution is 2.70. The van der Waals surface area contributed by atoms with Crippen molar-refractivity contribution in [2.24, 2.45) is 56.2 Å². The lowest BCUT2D eigenvalue weighted by molar-refractivity contribution is -0.365. The van der Waals surface area contributed by atoms with E-state index in [2.05, 4.69) is 0 Å². The fraction of sp³-hybridized carbons (Fsp3) is 0.642. The van der Waals surface area contributed by atoms with Gasteiger partial charge >= 0.3 is 53.7 Å². The minimum Gasteiger partial charge on any atom is -0.455 e. The zero-order chi connectivity index (χ0) is 95.7. The molecule has 3 aromatic rings. The van der Waals surface area contributed by atoms with Gasteiger partial charge in [0.15, 0.2) is 40.9 Å². The molecule has 6 bridgehead atoms. The van der Waals surface area contributed by atoms with Crippen LogP contribution in [0.1, 0.15) is 201 Å². The summed E-state index contributed by atoms with van der Waals surface area (Å²) in [5.74, 6) is -11.2. The number of Topliss-reactive ketones (excluding diaryl/α,β-unsaturated/α-hetero) is 1. The average Bonchev–Trinajstić information content (AvgIpc) is 0.676. The standard InChI is InChI=1S/C32H42O10.C31H40O11.C31H38O11.CH2Cl2/c1-16-13-22-31(15-39-22,42-19(4)34)25-27(41-28(37)20-11-9-8-10-12-20)32(38)14-21(35)17(2)23(29(32,5)6)24(40-18(3)33)26(36)30(16,25)7;2*1-15-19(34)13-31(38)26(41-27(37)18-10-8-7-9-11-18)24-29(6,20(35)12-21-30(24,14-39-21)42-17(3)33)25(36)23(40-16(2)32)22(15)28(31,4)5;2-1-3/h8-12,16,21-22,24-27,35-36,38H,13-15H2,1-7H3;7-11,19-21,23-26,34-36,38H,12-14H2,1-6H3;7-11,19-21,23-24,26,34-35,38H,12-14H2,1-6H3;1H2/t16-,21-,22+,24+,25?,26+,27-,30+,31-,32+;19-,20-,21+,23+,24?,25+,26-,29+,30-,31+;19-,20-,21+,23+,24?,26-,29+,30-,31+;/m000./s1. The van der Waals surface area contributed by atoms with Crippen molar-refractivity contribution >= 4 is 82.7 Å². The maximum Gasteiger partial charge on any atom is 0.338 e. The van der Waals surface area contributed by atoms with E-state index in [0.717, 1.165) is 6.92 Å². The first-order valence-electron chi connectivity index (χ1n) is 43.4. The SMILES string of the molecule is CC(=O)O[C@@H]1C2=C(C)[C@@H](O)C[C@@](O)([C@@H](OC(=O)c3ccccc3)C3[C@](C)([C@@H]1O)[C@@H](C)C[C@H]1OC[C@@]31OC(C)=O)C2(C)C.CC(=O)O[C@@H]1C2=C(C)[C@@H](O)C[C@@](O)([C@@H](OC(=O)c3ccccc3)C3[C@](C)([C@@H]1O)[C@@H](O)C[C@H]1OC[C@@]31OC(C)=O)C2(C)C.CC(=O)O[C@H]1C(=O)[C@@]2(C)C([C@H](OC(=O)c3ccccc3)[C@]3(O)C[C@H](O)C(C)=C1C3(C)C)[C@]1(OC(C)=O)CO[C@@H]1C[C@@H]2O.ClCCl.